The molecule has 0 unspecified atom stereocenters. The Morgan fingerprint density at radius 3 is 2.86 bits per heavy atom. The zero-order valence-corrected chi connectivity index (χ0v) is 12.0. The van der Waals surface area contributed by atoms with E-state index in [1.807, 2.05) is 13.0 Å². The van der Waals surface area contributed by atoms with E-state index >= 15 is 0 Å². The van der Waals surface area contributed by atoms with Gasteiger partial charge in [-0.05, 0) is 13.0 Å². The van der Waals surface area contributed by atoms with Crippen molar-refractivity contribution in [3.8, 4) is 5.88 Å². The number of hydrogen-bond donors (Lipinski definition) is 1. The van der Waals surface area contributed by atoms with E-state index in [0.29, 0.717) is 11.6 Å². The molecule has 2 rings (SSSR count). The highest BCUT2D eigenvalue weighted by Crippen LogP contribution is 2.26. The molecule has 0 radical (unpaired) electrons. The molecule has 1 heterocycles. The smallest absolute Gasteiger partial charge is 0.349 e. The summed E-state index contributed by atoms with van der Waals surface area (Å²) in [6.45, 7) is 2.56. The maximum Gasteiger partial charge on any atom is 0.349 e. The zero-order chi connectivity index (χ0) is 15.2. The fraction of sp³-hybridized carbons (Fsp3) is 0.231. The summed E-state index contributed by atoms with van der Waals surface area (Å²) in [4.78, 5) is 18.2. The number of rotatable bonds is 6. The second-order valence-electron chi connectivity index (χ2n) is 4.05. The van der Waals surface area contributed by atoms with Crippen LogP contribution in [0.2, 0.25) is 5.02 Å². The summed E-state index contributed by atoms with van der Waals surface area (Å²) in [5.41, 5.74) is 0.431. The van der Waals surface area contributed by atoms with Crippen LogP contribution in [0.3, 0.4) is 0 Å². The molecular weight excluding hydrogens is 296 g/mol. The second-order valence-corrected chi connectivity index (χ2v) is 4.46. The lowest BCUT2D eigenvalue weighted by Gasteiger charge is -2.08. The number of halogens is 1. The van der Waals surface area contributed by atoms with Crippen LogP contribution in [0.4, 0.5) is 11.6 Å². The van der Waals surface area contributed by atoms with Crippen molar-refractivity contribution in [1.82, 2.24) is 9.97 Å². The summed E-state index contributed by atoms with van der Waals surface area (Å²) < 4.78 is 5.44. The highest BCUT2D eigenvalue weighted by atomic mass is 35.5. The number of anilines is 1. The Hall–Kier alpha value is -2.41. The summed E-state index contributed by atoms with van der Waals surface area (Å²) in [6, 6.07) is 7.10. The first-order valence-electron chi connectivity index (χ1n) is 6.23. The quantitative estimate of drug-likeness (QED) is 0.651. The van der Waals surface area contributed by atoms with Crippen LogP contribution in [0, 0.1) is 10.1 Å². The number of benzene rings is 1. The predicted octanol–water partition coefficient (Wildman–Crippen LogP) is 3.05. The van der Waals surface area contributed by atoms with Crippen molar-refractivity contribution >= 4 is 23.2 Å². The minimum Gasteiger partial charge on any atom is -0.468 e. The van der Waals surface area contributed by atoms with Crippen molar-refractivity contribution in [3.63, 3.8) is 0 Å². The van der Waals surface area contributed by atoms with Gasteiger partial charge in [-0.2, -0.15) is 4.98 Å². The van der Waals surface area contributed by atoms with Gasteiger partial charge in [0.05, 0.1) is 4.92 Å². The Morgan fingerprint density at radius 1 is 1.43 bits per heavy atom. The van der Waals surface area contributed by atoms with Crippen LogP contribution in [0.25, 0.3) is 0 Å². The molecule has 0 aliphatic carbocycles. The monoisotopic (exact) mass is 308 g/mol. The lowest BCUT2D eigenvalue weighted by molar-refractivity contribution is -0.386. The molecule has 0 amide bonds. The number of ether oxygens (including phenoxy) is 1. The molecule has 0 bridgehead atoms. The zero-order valence-electron chi connectivity index (χ0n) is 11.2. The van der Waals surface area contributed by atoms with Crippen LogP contribution in [0.1, 0.15) is 12.5 Å². The average molecular weight is 309 g/mol. The van der Waals surface area contributed by atoms with Crippen molar-refractivity contribution < 1.29 is 9.66 Å². The van der Waals surface area contributed by atoms with Crippen molar-refractivity contribution in [1.29, 1.82) is 0 Å². The molecule has 1 N–H and O–H groups in total. The average Bonchev–Trinajstić information content (AvgIpc) is 2.46. The van der Waals surface area contributed by atoms with Gasteiger partial charge in [0.15, 0.2) is 0 Å². The molecule has 0 aliphatic rings. The largest absolute Gasteiger partial charge is 0.468 e. The Kier molecular flexibility index (Phi) is 4.89. The number of hydrogen-bond acceptors (Lipinski definition) is 6. The SMILES string of the molecule is CCNc1ncc([N+](=O)[O-])c(OCc2ccccc2Cl)n1. The predicted molar refractivity (Wildman–Crippen MR) is 78.6 cm³/mol. The van der Waals surface area contributed by atoms with Gasteiger partial charge in [-0.1, -0.05) is 29.8 Å². The van der Waals surface area contributed by atoms with Crippen molar-refractivity contribution in [3.05, 3.63) is 51.2 Å². The van der Waals surface area contributed by atoms with E-state index in [1.54, 1.807) is 18.2 Å². The molecule has 8 heteroatoms. The molecule has 21 heavy (non-hydrogen) atoms. The summed E-state index contributed by atoms with van der Waals surface area (Å²) in [7, 11) is 0. The highest BCUT2D eigenvalue weighted by Gasteiger charge is 2.19. The lowest BCUT2D eigenvalue weighted by Crippen LogP contribution is -2.07. The lowest BCUT2D eigenvalue weighted by atomic mass is 10.2. The number of nitrogens with one attached hydrogen (secondary N) is 1. The molecule has 0 saturated heterocycles. The molecule has 0 spiro atoms. The molecular formula is C13H13ClN4O3. The van der Waals surface area contributed by atoms with Gasteiger partial charge < -0.3 is 10.1 Å². The normalized spacial score (nSPS) is 10.2. The number of nitro groups is 1. The molecule has 2 aromatic rings. The van der Waals surface area contributed by atoms with Gasteiger partial charge in [-0.3, -0.25) is 10.1 Å². The fourth-order valence-electron chi connectivity index (χ4n) is 1.60. The van der Waals surface area contributed by atoms with Crippen molar-refractivity contribution in [2.24, 2.45) is 0 Å². The van der Waals surface area contributed by atoms with Gasteiger partial charge in [-0.25, -0.2) is 4.98 Å². The van der Waals surface area contributed by atoms with Gasteiger partial charge in [0, 0.05) is 17.1 Å². The summed E-state index contributed by atoms with van der Waals surface area (Å²) >= 11 is 6.01. The first-order valence-corrected chi connectivity index (χ1v) is 6.61. The van der Waals surface area contributed by atoms with Crippen LogP contribution in [-0.2, 0) is 6.61 Å². The second kappa shape index (κ2) is 6.85. The minimum atomic E-state index is -0.586. The van der Waals surface area contributed by atoms with E-state index in [4.69, 9.17) is 16.3 Å². The molecule has 0 saturated carbocycles. The Bertz CT molecular complexity index is 651. The topological polar surface area (TPSA) is 90.2 Å². The first kappa shape index (κ1) is 15.0. The Morgan fingerprint density at radius 2 is 2.19 bits per heavy atom. The molecule has 110 valence electrons. The molecule has 0 fully saturated rings. The van der Waals surface area contributed by atoms with Crippen molar-refractivity contribution in [2.45, 2.75) is 13.5 Å². The van der Waals surface area contributed by atoms with Crippen LogP contribution in [0.5, 0.6) is 5.88 Å². The minimum absolute atomic E-state index is 0.0864. The van der Waals surface area contributed by atoms with Crippen molar-refractivity contribution in [2.75, 3.05) is 11.9 Å². The third-order valence-corrected chi connectivity index (χ3v) is 2.96. The van der Waals surface area contributed by atoms with Crippen LogP contribution < -0.4 is 10.1 Å². The first-order chi connectivity index (χ1) is 10.1. The fourth-order valence-corrected chi connectivity index (χ4v) is 1.79. The third kappa shape index (κ3) is 3.79. The Labute approximate surface area is 126 Å². The summed E-state index contributed by atoms with van der Waals surface area (Å²) in [6.07, 6.45) is 1.12. The van der Waals surface area contributed by atoms with Gasteiger partial charge in [-0.15, -0.1) is 0 Å². The summed E-state index contributed by atoms with van der Waals surface area (Å²) in [5, 5.41) is 14.4. The maximum absolute atomic E-state index is 11.0. The van der Waals surface area contributed by atoms with E-state index in [9.17, 15) is 10.1 Å². The van der Waals surface area contributed by atoms with E-state index in [1.165, 1.54) is 0 Å². The standard InChI is InChI=1S/C13H13ClN4O3/c1-2-15-13-16-7-11(18(19)20)12(17-13)21-8-9-5-3-4-6-10(9)14/h3-7H,2,8H2,1H3,(H,15,16,17). The third-order valence-electron chi connectivity index (χ3n) is 2.59. The molecule has 0 aliphatic heterocycles. The Balaban J connectivity index is 2.22. The molecule has 1 aromatic carbocycles. The van der Waals surface area contributed by atoms with E-state index < -0.39 is 4.92 Å². The molecule has 1 aromatic heterocycles. The van der Waals surface area contributed by atoms with Crippen LogP contribution >= 0.6 is 11.6 Å². The highest BCUT2D eigenvalue weighted by molar-refractivity contribution is 6.31. The van der Waals surface area contributed by atoms with E-state index in [0.717, 1.165) is 11.8 Å². The molecule has 7 nitrogen and oxygen atoms in total. The molecule has 0 atom stereocenters. The van der Waals surface area contributed by atoms with Gasteiger partial charge >= 0.3 is 5.69 Å². The van der Waals surface area contributed by atoms with E-state index in [-0.39, 0.29) is 24.1 Å². The number of nitrogens with zero attached hydrogens (tertiary/aromatic N) is 3. The van der Waals surface area contributed by atoms with Crippen LogP contribution in [-0.4, -0.2) is 21.4 Å². The maximum atomic E-state index is 11.0. The van der Waals surface area contributed by atoms with Gasteiger partial charge in [0.2, 0.25) is 5.95 Å². The van der Waals surface area contributed by atoms with E-state index in [2.05, 4.69) is 15.3 Å². The van der Waals surface area contributed by atoms with Crippen LogP contribution in [0.15, 0.2) is 30.5 Å². The van der Waals surface area contributed by atoms with Gasteiger partial charge in [0.1, 0.15) is 12.8 Å². The summed E-state index contributed by atoms with van der Waals surface area (Å²) in [5.74, 6) is 0.183. The number of aromatic nitrogens is 2. The van der Waals surface area contributed by atoms with Gasteiger partial charge in [0.25, 0.3) is 5.88 Å².